The first-order chi connectivity index (χ1) is 9.08. The summed E-state index contributed by atoms with van der Waals surface area (Å²) < 4.78 is 5.27. The number of methoxy groups -OCH3 is 1. The van der Waals surface area contributed by atoms with Gasteiger partial charge in [-0.3, -0.25) is 0 Å². The molecule has 0 atom stereocenters. The standard InChI is InChI=1S/C14H25N3OS/c1-5-15-9-12-11(10-18-4)16-13(19-12)17-8-6-7-14(17,2)3/h15H,5-10H2,1-4H3. The molecule has 2 rings (SSSR count). The Bertz CT molecular complexity index is 417. The molecule has 0 amide bonds. The number of aromatic nitrogens is 1. The highest BCUT2D eigenvalue weighted by molar-refractivity contribution is 7.15. The van der Waals surface area contributed by atoms with E-state index in [0.29, 0.717) is 6.61 Å². The second-order valence-electron chi connectivity index (χ2n) is 5.65. The Morgan fingerprint density at radius 3 is 2.84 bits per heavy atom. The van der Waals surface area contributed by atoms with Crippen LogP contribution in [0.4, 0.5) is 5.13 Å². The zero-order chi connectivity index (χ0) is 13.9. The van der Waals surface area contributed by atoms with Gasteiger partial charge in [0.25, 0.3) is 0 Å². The van der Waals surface area contributed by atoms with Crippen molar-refractivity contribution < 1.29 is 4.74 Å². The van der Waals surface area contributed by atoms with E-state index in [1.165, 1.54) is 17.7 Å². The van der Waals surface area contributed by atoms with Crippen molar-refractivity contribution in [3.8, 4) is 0 Å². The second kappa shape index (κ2) is 6.20. The van der Waals surface area contributed by atoms with Crippen LogP contribution in [0.3, 0.4) is 0 Å². The average molecular weight is 283 g/mol. The van der Waals surface area contributed by atoms with Crippen molar-refractivity contribution in [2.45, 2.75) is 52.3 Å². The van der Waals surface area contributed by atoms with E-state index in [0.717, 1.165) is 30.5 Å². The summed E-state index contributed by atoms with van der Waals surface area (Å²) in [7, 11) is 1.73. The number of nitrogens with one attached hydrogen (secondary N) is 1. The number of anilines is 1. The van der Waals surface area contributed by atoms with Gasteiger partial charge in [-0.05, 0) is 33.2 Å². The van der Waals surface area contributed by atoms with Gasteiger partial charge >= 0.3 is 0 Å². The molecule has 1 aliphatic heterocycles. The lowest BCUT2D eigenvalue weighted by Crippen LogP contribution is -2.38. The summed E-state index contributed by atoms with van der Waals surface area (Å²) in [4.78, 5) is 8.57. The van der Waals surface area contributed by atoms with Crippen molar-refractivity contribution in [1.82, 2.24) is 10.3 Å². The summed E-state index contributed by atoms with van der Waals surface area (Å²) in [6.07, 6.45) is 2.50. The zero-order valence-corrected chi connectivity index (χ0v) is 13.3. The molecule has 0 radical (unpaired) electrons. The molecule has 0 saturated carbocycles. The first kappa shape index (κ1) is 14.8. The molecule has 0 aromatic carbocycles. The number of ether oxygens (including phenoxy) is 1. The fourth-order valence-corrected chi connectivity index (χ4v) is 3.79. The number of hydrogen-bond acceptors (Lipinski definition) is 5. The van der Waals surface area contributed by atoms with Crippen LogP contribution in [0.2, 0.25) is 0 Å². The zero-order valence-electron chi connectivity index (χ0n) is 12.5. The largest absolute Gasteiger partial charge is 0.378 e. The molecule has 1 saturated heterocycles. The van der Waals surface area contributed by atoms with Crippen LogP contribution >= 0.6 is 11.3 Å². The van der Waals surface area contributed by atoms with Crippen LogP contribution in [0.15, 0.2) is 0 Å². The van der Waals surface area contributed by atoms with Gasteiger partial charge in [0.05, 0.1) is 12.3 Å². The summed E-state index contributed by atoms with van der Waals surface area (Å²) >= 11 is 1.81. The maximum atomic E-state index is 5.27. The molecule has 1 aliphatic rings. The number of rotatable bonds is 6. The second-order valence-corrected chi connectivity index (χ2v) is 6.71. The molecular formula is C14H25N3OS. The van der Waals surface area contributed by atoms with Crippen LogP contribution in [0, 0.1) is 0 Å². The first-order valence-corrected chi connectivity index (χ1v) is 7.86. The minimum Gasteiger partial charge on any atom is -0.378 e. The SMILES string of the molecule is CCNCc1sc(N2CCCC2(C)C)nc1COC. The molecule has 1 aromatic heterocycles. The van der Waals surface area contributed by atoms with Gasteiger partial charge in [0.1, 0.15) is 0 Å². The van der Waals surface area contributed by atoms with Crippen molar-refractivity contribution in [3.63, 3.8) is 0 Å². The summed E-state index contributed by atoms with van der Waals surface area (Å²) in [5.41, 5.74) is 1.32. The minimum absolute atomic E-state index is 0.234. The predicted molar refractivity (Wildman–Crippen MR) is 80.9 cm³/mol. The molecule has 0 aliphatic carbocycles. The third-order valence-corrected chi connectivity index (χ3v) is 4.84. The van der Waals surface area contributed by atoms with E-state index < -0.39 is 0 Å². The maximum Gasteiger partial charge on any atom is 0.186 e. The van der Waals surface area contributed by atoms with Gasteiger partial charge < -0.3 is 15.0 Å². The third kappa shape index (κ3) is 3.27. The molecular weight excluding hydrogens is 258 g/mol. The van der Waals surface area contributed by atoms with Gasteiger partial charge in [-0.1, -0.05) is 6.92 Å². The Hall–Kier alpha value is -0.650. The normalized spacial score (nSPS) is 18.2. The maximum absolute atomic E-state index is 5.27. The molecule has 1 N–H and O–H groups in total. The summed E-state index contributed by atoms with van der Waals surface area (Å²) in [6, 6.07) is 0. The molecule has 5 heteroatoms. The van der Waals surface area contributed by atoms with E-state index in [9.17, 15) is 0 Å². The van der Waals surface area contributed by atoms with Crippen LogP contribution in [0.25, 0.3) is 0 Å². The fraction of sp³-hybridized carbons (Fsp3) is 0.786. The molecule has 4 nitrogen and oxygen atoms in total. The van der Waals surface area contributed by atoms with E-state index in [4.69, 9.17) is 9.72 Å². The van der Waals surface area contributed by atoms with Crippen LogP contribution in [0.1, 0.15) is 44.2 Å². The Morgan fingerprint density at radius 1 is 1.47 bits per heavy atom. The highest BCUT2D eigenvalue weighted by atomic mass is 32.1. The molecule has 0 spiro atoms. The van der Waals surface area contributed by atoms with Gasteiger partial charge in [-0.25, -0.2) is 4.98 Å². The van der Waals surface area contributed by atoms with E-state index >= 15 is 0 Å². The third-order valence-electron chi connectivity index (χ3n) is 3.72. The van der Waals surface area contributed by atoms with Crippen molar-refractivity contribution in [1.29, 1.82) is 0 Å². The average Bonchev–Trinajstić information content (AvgIpc) is 2.90. The van der Waals surface area contributed by atoms with Crippen LogP contribution in [-0.4, -0.2) is 30.7 Å². The van der Waals surface area contributed by atoms with Crippen LogP contribution in [-0.2, 0) is 17.9 Å². The lowest BCUT2D eigenvalue weighted by Gasteiger charge is -2.31. The number of nitrogens with zero attached hydrogens (tertiary/aromatic N) is 2. The Kier molecular flexibility index (Phi) is 4.81. The molecule has 2 heterocycles. The smallest absolute Gasteiger partial charge is 0.186 e. The summed E-state index contributed by atoms with van der Waals surface area (Å²) in [5.74, 6) is 0. The fourth-order valence-electron chi connectivity index (χ4n) is 2.57. The highest BCUT2D eigenvalue weighted by Gasteiger charge is 2.34. The van der Waals surface area contributed by atoms with Crippen LogP contribution < -0.4 is 10.2 Å². The van der Waals surface area contributed by atoms with Gasteiger partial charge in [-0.2, -0.15) is 0 Å². The number of thiazole rings is 1. The molecule has 0 bridgehead atoms. The van der Waals surface area contributed by atoms with Crippen molar-refractivity contribution in [2.24, 2.45) is 0 Å². The summed E-state index contributed by atoms with van der Waals surface area (Å²) in [5, 5.41) is 4.54. The van der Waals surface area contributed by atoms with Crippen LogP contribution in [0.5, 0.6) is 0 Å². The predicted octanol–water partition coefficient (Wildman–Crippen LogP) is 2.78. The lowest BCUT2D eigenvalue weighted by atomic mass is 10.0. The van der Waals surface area contributed by atoms with Crippen molar-refractivity contribution in [2.75, 3.05) is 25.1 Å². The topological polar surface area (TPSA) is 37.4 Å². The molecule has 19 heavy (non-hydrogen) atoms. The highest BCUT2D eigenvalue weighted by Crippen LogP contribution is 2.37. The first-order valence-electron chi connectivity index (χ1n) is 7.04. The van der Waals surface area contributed by atoms with E-state index in [2.05, 4.69) is 31.0 Å². The molecule has 108 valence electrons. The molecule has 1 fully saturated rings. The van der Waals surface area contributed by atoms with Gasteiger partial charge in [0.15, 0.2) is 5.13 Å². The lowest BCUT2D eigenvalue weighted by molar-refractivity contribution is 0.181. The molecule has 0 unspecified atom stereocenters. The monoisotopic (exact) mass is 283 g/mol. The van der Waals surface area contributed by atoms with Gasteiger partial charge in [0, 0.05) is 30.6 Å². The van der Waals surface area contributed by atoms with Crippen molar-refractivity contribution in [3.05, 3.63) is 10.6 Å². The van der Waals surface area contributed by atoms with E-state index in [1.807, 2.05) is 11.3 Å². The molecule has 1 aromatic rings. The Balaban J connectivity index is 2.21. The van der Waals surface area contributed by atoms with E-state index in [1.54, 1.807) is 7.11 Å². The Labute approximate surface area is 120 Å². The Morgan fingerprint density at radius 2 is 2.26 bits per heavy atom. The van der Waals surface area contributed by atoms with Gasteiger partial charge in [-0.15, -0.1) is 11.3 Å². The van der Waals surface area contributed by atoms with E-state index in [-0.39, 0.29) is 5.54 Å². The quantitative estimate of drug-likeness (QED) is 0.871. The van der Waals surface area contributed by atoms with Gasteiger partial charge in [0.2, 0.25) is 0 Å². The van der Waals surface area contributed by atoms with Crippen molar-refractivity contribution >= 4 is 16.5 Å². The number of hydrogen-bond donors (Lipinski definition) is 1. The summed E-state index contributed by atoms with van der Waals surface area (Å²) in [6.45, 7) is 10.3. The minimum atomic E-state index is 0.234.